The first-order chi connectivity index (χ1) is 8.51. The molecule has 0 unspecified atom stereocenters. The lowest BCUT2D eigenvalue weighted by Gasteiger charge is -2.05. The Bertz CT molecular complexity index is 518. The van der Waals surface area contributed by atoms with Gasteiger partial charge in [0.15, 0.2) is 5.78 Å². The maximum atomic E-state index is 11.8. The molecule has 0 radical (unpaired) electrons. The molecule has 1 rings (SSSR count). The van der Waals surface area contributed by atoms with Crippen LogP contribution in [-0.2, 0) is 10.0 Å². The fraction of sp³-hybridized carbons (Fsp3) is 0.308. The Morgan fingerprint density at radius 1 is 1.33 bits per heavy atom. The van der Waals surface area contributed by atoms with E-state index in [1.807, 2.05) is 6.92 Å². The molecule has 98 valence electrons. The van der Waals surface area contributed by atoms with Crippen LogP contribution in [0.15, 0.2) is 41.8 Å². The Kier molecular flexibility index (Phi) is 5.25. The average Bonchev–Trinajstić information content (AvgIpc) is 2.37. The Labute approximate surface area is 108 Å². The van der Waals surface area contributed by atoms with Crippen LogP contribution in [0.1, 0.15) is 30.1 Å². The minimum atomic E-state index is -3.51. The standard InChI is InChI=1S/C13H17NO3S/c1-3-5-13(15)11-6-8-12(9-7-11)18(16,17)14-10-4-2/h4,6-9,14H,2-3,5,10H2,1H3. The molecular weight excluding hydrogens is 250 g/mol. The largest absolute Gasteiger partial charge is 0.294 e. The Morgan fingerprint density at radius 2 is 1.94 bits per heavy atom. The van der Waals surface area contributed by atoms with Crippen LogP contribution in [0.4, 0.5) is 0 Å². The normalized spacial score (nSPS) is 11.2. The Hall–Kier alpha value is -1.46. The highest BCUT2D eigenvalue weighted by Gasteiger charge is 2.13. The predicted molar refractivity (Wildman–Crippen MR) is 71.1 cm³/mol. The molecule has 4 nitrogen and oxygen atoms in total. The second-order valence-corrected chi connectivity index (χ2v) is 5.61. The number of hydrogen-bond acceptors (Lipinski definition) is 3. The van der Waals surface area contributed by atoms with Crippen LogP contribution in [0.3, 0.4) is 0 Å². The van der Waals surface area contributed by atoms with E-state index in [1.165, 1.54) is 18.2 Å². The third-order valence-electron chi connectivity index (χ3n) is 2.38. The van der Waals surface area contributed by atoms with Gasteiger partial charge in [-0.15, -0.1) is 6.58 Å². The van der Waals surface area contributed by atoms with E-state index in [2.05, 4.69) is 11.3 Å². The number of rotatable bonds is 7. The Morgan fingerprint density at radius 3 is 2.44 bits per heavy atom. The van der Waals surface area contributed by atoms with E-state index in [0.29, 0.717) is 12.0 Å². The first-order valence-corrected chi connectivity index (χ1v) is 7.23. The number of ketones is 1. The molecule has 1 aromatic carbocycles. The van der Waals surface area contributed by atoms with Crippen LogP contribution in [0, 0.1) is 0 Å². The van der Waals surface area contributed by atoms with Gasteiger partial charge in [-0.25, -0.2) is 13.1 Å². The molecule has 0 heterocycles. The molecule has 0 fully saturated rings. The molecule has 0 aliphatic heterocycles. The molecule has 0 bridgehead atoms. The molecule has 0 aliphatic carbocycles. The van der Waals surface area contributed by atoms with Crippen LogP contribution in [0.25, 0.3) is 0 Å². The summed E-state index contributed by atoms with van der Waals surface area (Å²) in [4.78, 5) is 11.7. The van der Waals surface area contributed by atoms with Gasteiger partial charge in [-0.2, -0.15) is 0 Å². The first-order valence-electron chi connectivity index (χ1n) is 5.75. The lowest BCUT2D eigenvalue weighted by Crippen LogP contribution is -2.23. The van der Waals surface area contributed by atoms with Gasteiger partial charge in [0.25, 0.3) is 0 Å². The highest BCUT2D eigenvalue weighted by atomic mass is 32.2. The summed E-state index contributed by atoms with van der Waals surface area (Å²) in [5.74, 6) is 0.0282. The van der Waals surface area contributed by atoms with Crippen LogP contribution in [-0.4, -0.2) is 20.7 Å². The van der Waals surface area contributed by atoms with E-state index < -0.39 is 10.0 Å². The topological polar surface area (TPSA) is 63.2 Å². The predicted octanol–water partition coefficient (Wildman–Crippen LogP) is 2.13. The van der Waals surface area contributed by atoms with Gasteiger partial charge in [-0.05, 0) is 18.6 Å². The van der Waals surface area contributed by atoms with Crippen LogP contribution in [0.2, 0.25) is 0 Å². The summed E-state index contributed by atoms with van der Waals surface area (Å²) in [6.07, 6.45) is 2.72. The minimum absolute atomic E-state index is 0.0282. The van der Waals surface area contributed by atoms with Crippen molar-refractivity contribution in [2.24, 2.45) is 0 Å². The summed E-state index contributed by atoms with van der Waals surface area (Å²) < 4.78 is 25.9. The maximum absolute atomic E-state index is 11.8. The van der Waals surface area contributed by atoms with E-state index in [0.717, 1.165) is 6.42 Å². The van der Waals surface area contributed by atoms with E-state index in [1.54, 1.807) is 12.1 Å². The summed E-state index contributed by atoms with van der Waals surface area (Å²) >= 11 is 0. The molecule has 18 heavy (non-hydrogen) atoms. The summed E-state index contributed by atoms with van der Waals surface area (Å²) in [6, 6.07) is 5.96. The van der Waals surface area contributed by atoms with Crippen LogP contribution in [0.5, 0.6) is 0 Å². The number of carbonyl (C=O) groups is 1. The second kappa shape index (κ2) is 6.47. The third kappa shape index (κ3) is 3.78. The fourth-order valence-electron chi connectivity index (χ4n) is 1.44. The highest BCUT2D eigenvalue weighted by molar-refractivity contribution is 7.89. The lowest BCUT2D eigenvalue weighted by molar-refractivity contribution is 0.0981. The van der Waals surface area contributed by atoms with E-state index >= 15 is 0 Å². The van der Waals surface area contributed by atoms with Crippen molar-refractivity contribution in [3.63, 3.8) is 0 Å². The van der Waals surface area contributed by atoms with Gasteiger partial charge in [0.1, 0.15) is 0 Å². The van der Waals surface area contributed by atoms with Crippen molar-refractivity contribution in [3.05, 3.63) is 42.5 Å². The van der Waals surface area contributed by atoms with Crippen LogP contribution < -0.4 is 4.72 Å². The lowest BCUT2D eigenvalue weighted by atomic mass is 10.1. The van der Waals surface area contributed by atoms with E-state index in [9.17, 15) is 13.2 Å². The molecule has 5 heteroatoms. The van der Waals surface area contributed by atoms with Gasteiger partial charge in [0, 0.05) is 18.5 Å². The van der Waals surface area contributed by atoms with Crippen molar-refractivity contribution in [2.75, 3.05) is 6.54 Å². The van der Waals surface area contributed by atoms with Gasteiger partial charge in [0.05, 0.1) is 4.90 Å². The first kappa shape index (κ1) is 14.6. The number of benzene rings is 1. The van der Waals surface area contributed by atoms with Crippen molar-refractivity contribution < 1.29 is 13.2 Å². The quantitative estimate of drug-likeness (QED) is 0.608. The summed E-state index contributed by atoms with van der Waals surface area (Å²) in [6.45, 7) is 5.55. The molecule has 0 spiro atoms. The summed E-state index contributed by atoms with van der Waals surface area (Å²) in [5, 5.41) is 0. The van der Waals surface area contributed by atoms with Crippen molar-refractivity contribution in [1.82, 2.24) is 4.72 Å². The smallest absolute Gasteiger partial charge is 0.240 e. The minimum Gasteiger partial charge on any atom is -0.294 e. The number of Topliss-reactive ketones (excluding diaryl/α,β-unsaturated/α-hetero) is 1. The molecular formula is C13H17NO3S. The van der Waals surface area contributed by atoms with Gasteiger partial charge >= 0.3 is 0 Å². The average molecular weight is 267 g/mol. The van der Waals surface area contributed by atoms with Gasteiger partial charge < -0.3 is 0 Å². The zero-order valence-electron chi connectivity index (χ0n) is 10.3. The van der Waals surface area contributed by atoms with Crippen molar-refractivity contribution >= 4 is 15.8 Å². The molecule has 0 amide bonds. The summed E-state index contributed by atoms with van der Waals surface area (Å²) in [7, 11) is -3.51. The fourth-order valence-corrected chi connectivity index (χ4v) is 2.44. The van der Waals surface area contributed by atoms with Gasteiger partial charge in [-0.1, -0.05) is 25.1 Å². The number of hydrogen-bond donors (Lipinski definition) is 1. The Balaban J connectivity index is 2.89. The molecule has 0 atom stereocenters. The SMILES string of the molecule is C=CCNS(=O)(=O)c1ccc(C(=O)CCC)cc1. The zero-order chi connectivity index (χ0) is 13.6. The number of sulfonamides is 1. The van der Waals surface area contributed by atoms with Crippen molar-refractivity contribution in [2.45, 2.75) is 24.7 Å². The molecule has 0 saturated carbocycles. The third-order valence-corrected chi connectivity index (χ3v) is 3.82. The number of nitrogens with one attached hydrogen (secondary N) is 1. The van der Waals surface area contributed by atoms with Crippen LogP contribution >= 0.6 is 0 Å². The van der Waals surface area contributed by atoms with Gasteiger partial charge in [-0.3, -0.25) is 4.79 Å². The van der Waals surface area contributed by atoms with E-state index in [4.69, 9.17) is 0 Å². The number of carbonyl (C=O) groups excluding carboxylic acids is 1. The second-order valence-electron chi connectivity index (χ2n) is 3.84. The molecule has 0 aromatic heterocycles. The molecule has 0 saturated heterocycles. The van der Waals surface area contributed by atoms with Crippen molar-refractivity contribution in [1.29, 1.82) is 0 Å². The summed E-state index contributed by atoms with van der Waals surface area (Å²) in [5.41, 5.74) is 0.541. The zero-order valence-corrected chi connectivity index (χ0v) is 11.2. The van der Waals surface area contributed by atoms with Crippen molar-refractivity contribution in [3.8, 4) is 0 Å². The monoisotopic (exact) mass is 267 g/mol. The molecule has 0 aliphatic rings. The molecule has 1 N–H and O–H groups in total. The maximum Gasteiger partial charge on any atom is 0.240 e. The highest BCUT2D eigenvalue weighted by Crippen LogP contribution is 2.12. The molecule has 1 aromatic rings. The van der Waals surface area contributed by atoms with Gasteiger partial charge in [0.2, 0.25) is 10.0 Å². The van der Waals surface area contributed by atoms with E-state index in [-0.39, 0.29) is 17.2 Å².